The van der Waals surface area contributed by atoms with Crippen LogP contribution in [0.1, 0.15) is 42.3 Å². The van der Waals surface area contributed by atoms with E-state index in [0.717, 1.165) is 48.0 Å². The normalized spacial score (nSPS) is 14.0. The molecule has 0 bridgehead atoms. The Balaban J connectivity index is 0.00000243. The number of amidine groups is 1. The van der Waals surface area contributed by atoms with Gasteiger partial charge in [-0.15, -0.1) is 28.3 Å². The third-order valence-corrected chi connectivity index (χ3v) is 5.13. The van der Waals surface area contributed by atoms with Crippen molar-refractivity contribution in [3.63, 3.8) is 0 Å². The highest BCUT2D eigenvalue weighted by Gasteiger charge is 2.20. The Morgan fingerprint density at radius 2 is 2.00 bits per heavy atom. The Bertz CT molecular complexity index is 714. The quantitative estimate of drug-likeness (QED) is 0.570. The summed E-state index contributed by atoms with van der Waals surface area (Å²) in [5.41, 5.74) is 0.994. The molecule has 0 amide bonds. The fourth-order valence-electron chi connectivity index (χ4n) is 2.96. The number of rotatable bonds is 6. The first-order valence-corrected chi connectivity index (χ1v) is 9.76. The maximum atomic E-state index is 12.7. The molecule has 0 saturated heterocycles. The van der Waals surface area contributed by atoms with Gasteiger partial charge in [-0.1, -0.05) is 12.5 Å². The van der Waals surface area contributed by atoms with Crippen molar-refractivity contribution in [1.82, 2.24) is 0 Å². The summed E-state index contributed by atoms with van der Waals surface area (Å²) in [4.78, 5) is 20.3. The van der Waals surface area contributed by atoms with Crippen LogP contribution in [0.15, 0.2) is 46.8 Å². The first kappa shape index (κ1) is 20.6. The van der Waals surface area contributed by atoms with Crippen LogP contribution in [0.2, 0.25) is 0 Å². The number of aliphatic imine (C=N–C) groups is 1. The molecular weight excluding hydrogens is 412 g/mol. The van der Waals surface area contributed by atoms with E-state index in [1.807, 2.05) is 48.7 Å². The number of hydrogen-bond acceptors (Lipinski definition) is 5. The van der Waals surface area contributed by atoms with Crippen molar-refractivity contribution >= 4 is 45.6 Å². The lowest BCUT2D eigenvalue weighted by Gasteiger charge is -2.25. The van der Waals surface area contributed by atoms with Crippen LogP contribution in [0.5, 0.6) is 5.75 Å². The Labute approximate surface area is 169 Å². The molecule has 0 spiro atoms. The molecule has 0 saturated carbocycles. The second kappa shape index (κ2) is 10.5. The van der Waals surface area contributed by atoms with Crippen molar-refractivity contribution in [1.29, 1.82) is 0 Å². The second-order valence-corrected chi connectivity index (χ2v) is 6.97. The van der Waals surface area contributed by atoms with Crippen molar-refractivity contribution in [2.45, 2.75) is 32.6 Å². The summed E-state index contributed by atoms with van der Waals surface area (Å²) in [6.07, 6.45) is 4.37. The maximum absolute atomic E-state index is 12.7. The standard InChI is InChI=1S/C20H24N2O2S.BrH/c1-2-24-17-11-9-16(10-12-17)22(20-8-4-3-5-13-21-20)15-18(23)19-7-6-14-25-19;/h6-7,9-12,14H,2-5,8,13,15H2,1H3;1H. The molecule has 26 heavy (non-hydrogen) atoms. The number of hydrogen-bond donors (Lipinski definition) is 0. The van der Waals surface area contributed by atoms with E-state index in [1.165, 1.54) is 17.8 Å². The molecule has 1 aliphatic rings. The predicted molar refractivity (Wildman–Crippen MR) is 115 cm³/mol. The first-order valence-electron chi connectivity index (χ1n) is 8.88. The fourth-order valence-corrected chi connectivity index (χ4v) is 3.62. The molecule has 0 radical (unpaired) electrons. The second-order valence-electron chi connectivity index (χ2n) is 6.02. The highest BCUT2D eigenvalue weighted by atomic mass is 79.9. The highest BCUT2D eigenvalue weighted by molar-refractivity contribution is 8.93. The topological polar surface area (TPSA) is 41.9 Å². The van der Waals surface area contributed by atoms with E-state index in [-0.39, 0.29) is 22.8 Å². The molecule has 0 aliphatic carbocycles. The Morgan fingerprint density at radius 1 is 1.19 bits per heavy atom. The number of ketones is 1. The average Bonchev–Trinajstić information content (AvgIpc) is 3.04. The molecular formula is C20H25BrN2O2S. The molecule has 2 aromatic rings. The van der Waals surface area contributed by atoms with Crippen molar-refractivity contribution in [2.24, 2.45) is 4.99 Å². The van der Waals surface area contributed by atoms with E-state index in [0.29, 0.717) is 13.2 Å². The lowest BCUT2D eigenvalue weighted by atomic mass is 10.1. The average molecular weight is 437 g/mol. The van der Waals surface area contributed by atoms with Crippen LogP contribution in [0.3, 0.4) is 0 Å². The van der Waals surface area contributed by atoms with Gasteiger partial charge in [-0.3, -0.25) is 9.79 Å². The third-order valence-electron chi connectivity index (χ3n) is 4.22. The lowest BCUT2D eigenvalue weighted by Crippen LogP contribution is -2.35. The number of benzene rings is 1. The minimum atomic E-state index is 0. The maximum Gasteiger partial charge on any atom is 0.192 e. The monoisotopic (exact) mass is 436 g/mol. The largest absolute Gasteiger partial charge is 0.494 e. The number of nitrogens with zero attached hydrogens (tertiary/aromatic N) is 2. The highest BCUT2D eigenvalue weighted by Crippen LogP contribution is 2.23. The van der Waals surface area contributed by atoms with Gasteiger partial charge in [0.05, 0.1) is 18.0 Å². The molecule has 3 rings (SSSR count). The summed E-state index contributed by atoms with van der Waals surface area (Å²) in [6.45, 7) is 3.79. The number of Topliss-reactive ketones (excluding diaryl/α,β-unsaturated/α-hetero) is 1. The number of thiophene rings is 1. The molecule has 4 nitrogen and oxygen atoms in total. The van der Waals surface area contributed by atoms with Crippen molar-refractivity contribution in [3.05, 3.63) is 46.7 Å². The zero-order valence-corrected chi connectivity index (χ0v) is 17.5. The van der Waals surface area contributed by atoms with Crippen LogP contribution in [0, 0.1) is 0 Å². The van der Waals surface area contributed by atoms with Crippen LogP contribution in [-0.4, -0.2) is 31.3 Å². The number of carbonyl (C=O) groups is 1. The van der Waals surface area contributed by atoms with Gasteiger partial charge in [0.2, 0.25) is 0 Å². The molecule has 1 aliphatic heterocycles. The van der Waals surface area contributed by atoms with E-state index in [4.69, 9.17) is 9.73 Å². The predicted octanol–water partition coefficient (Wildman–Crippen LogP) is 5.39. The molecule has 0 N–H and O–H groups in total. The van der Waals surface area contributed by atoms with Gasteiger partial charge in [-0.25, -0.2) is 0 Å². The van der Waals surface area contributed by atoms with Crippen LogP contribution < -0.4 is 9.64 Å². The van der Waals surface area contributed by atoms with E-state index in [2.05, 4.69) is 4.90 Å². The van der Waals surface area contributed by atoms with Crippen molar-refractivity contribution in [3.8, 4) is 5.75 Å². The molecule has 0 fully saturated rings. The van der Waals surface area contributed by atoms with Crippen LogP contribution in [0.25, 0.3) is 0 Å². The van der Waals surface area contributed by atoms with Crippen LogP contribution in [0.4, 0.5) is 5.69 Å². The number of halogens is 1. The van der Waals surface area contributed by atoms with Gasteiger partial charge in [-0.05, 0) is 55.5 Å². The van der Waals surface area contributed by atoms with E-state index in [1.54, 1.807) is 0 Å². The minimum Gasteiger partial charge on any atom is -0.494 e. The summed E-state index contributed by atoms with van der Waals surface area (Å²) in [5.74, 6) is 2.00. The number of ether oxygens (including phenoxy) is 1. The number of anilines is 1. The smallest absolute Gasteiger partial charge is 0.192 e. The van der Waals surface area contributed by atoms with Crippen molar-refractivity contribution in [2.75, 3.05) is 24.6 Å². The fraction of sp³-hybridized carbons (Fsp3) is 0.400. The van der Waals surface area contributed by atoms with E-state index >= 15 is 0 Å². The molecule has 2 heterocycles. The summed E-state index contributed by atoms with van der Waals surface area (Å²) >= 11 is 1.49. The summed E-state index contributed by atoms with van der Waals surface area (Å²) in [7, 11) is 0. The number of carbonyl (C=O) groups excluding carboxylic acids is 1. The van der Waals surface area contributed by atoms with Gasteiger partial charge in [0.25, 0.3) is 0 Å². The molecule has 1 aromatic carbocycles. The Morgan fingerprint density at radius 3 is 2.69 bits per heavy atom. The van der Waals surface area contributed by atoms with Crippen molar-refractivity contribution < 1.29 is 9.53 Å². The van der Waals surface area contributed by atoms with Gasteiger partial charge in [-0.2, -0.15) is 0 Å². The van der Waals surface area contributed by atoms with E-state index in [9.17, 15) is 4.79 Å². The van der Waals surface area contributed by atoms with Gasteiger partial charge in [0, 0.05) is 18.7 Å². The molecule has 6 heteroatoms. The molecule has 0 atom stereocenters. The summed E-state index contributed by atoms with van der Waals surface area (Å²) in [6, 6.07) is 11.7. The molecule has 1 aromatic heterocycles. The third kappa shape index (κ3) is 5.42. The summed E-state index contributed by atoms with van der Waals surface area (Å²) in [5, 5.41) is 1.94. The lowest BCUT2D eigenvalue weighted by molar-refractivity contribution is 0.101. The molecule has 140 valence electrons. The Hall–Kier alpha value is -1.66. The first-order chi connectivity index (χ1) is 12.3. The van der Waals surface area contributed by atoms with Gasteiger partial charge >= 0.3 is 0 Å². The SMILES string of the molecule is Br.CCOc1ccc(N(CC(=O)c2cccs2)C2=NCCCCC2)cc1. The van der Waals surface area contributed by atoms with Crippen LogP contribution >= 0.6 is 28.3 Å². The van der Waals surface area contributed by atoms with Gasteiger partial charge in [0.15, 0.2) is 5.78 Å². The zero-order valence-electron chi connectivity index (χ0n) is 15.0. The summed E-state index contributed by atoms with van der Waals surface area (Å²) < 4.78 is 5.53. The van der Waals surface area contributed by atoms with Gasteiger partial charge in [0.1, 0.15) is 11.6 Å². The Kier molecular flexibility index (Phi) is 8.32. The van der Waals surface area contributed by atoms with E-state index < -0.39 is 0 Å². The van der Waals surface area contributed by atoms with Gasteiger partial charge < -0.3 is 9.64 Å². The zero-order chi connectivity index (χ0) is 17.5. The molecule has 0 unspecified atom stereocenters. The minimum absolute atomic E-state index is 0. The van der Waals surface area contributed by atoms with Crippen LogP contribution in [-0.2, 0) is 0 Å².